The number of para-hydroxylation sites is 1. The van der Waals surface area contributed by atoms with E-state index in [9.17, 15) is 9.59 Å². The SMILES string of the molecule is Cc1c(C(=O)OCC(=O)N2C[C@@H](C)O[C@H](C)C2)oc2ccccc12. The molecule has 0 radical (unpaired) electrons. The number of esters is 1. The quantitative estimate of drug-likeness (QED) is 0.809. The van der Waals surface area contributed by atoms with Crippen molar-refractivity contribution in [3.05, 3.63) is 35.6 Å². The maximum atomic E-state index is 12.2. The Bertz CT molecular complexity index is 756. The van der Waals surface area contributed by atoms with Gasteiger partial charge in [0.15, 0.2) is 6.61 Å². The molecule has 0 aliphatic carbocycles. The molecule has 0 N–H and O–H groups in total. The number of aryl methyl sites for hydroxylation is 1. The fourth-order valence-corrected chi connectivity index (χ4v) is 3.03. The summed E-state index contributed by atoms with van der Waals surface area (Å²) in [5.74, 6) is -0.696. The number of carbonyl (C=O) groups is 2. The minimum absolute atomic E-state index is 0.0222. The van der Waals surface area contributed by atoms with Crippen molar-refractivity contribution in [3.63, 3.8) is 0 Å². The van der Waals surface area contributed by atoms with Crippen LogP contribution in [0.15, 0.2) is 28.7 Å². The molecule has 0 unspecified atom stereocenters. The van der Waals surface area contributed by atoms with E-state index in [-0.39, 0.29) is 30.5 Å². The predicted octanol–water partition coefficient (Wildman–Crippen LogP) is 2.53. The van der Waals surface area contributed by atoms with Gasteiger partial charge in [0.25, 0.3) is 5.91 Å². The minimum Gasteiger partial charge on any atom is -0.450 e. The number of morpholine rings is 1. The Morgan fingerprint density at radius 1 is 1.21 bits per heavy atom. The zero-order chi connectivity index (χ0) is 17.3. The Hall–Kier alpha value is -2.34. The van der Waals surface area contributed by atoms with Gasteiger partial charge in [0.05, 0.1) is 12.2 Å². The van der Waals surface area contributed by atoms with Gasteiger partial charge in [-0.15, -0.1) is 0 Å². The third kappa shape index (κ3) is 3.28. The van der Waals surface area contributed by atoms with E-state index >= 15 is 0 Å². The lowest BCUT2D eigenvalue weighted by Gasteiger charge is -2.35. The molecule has 2 aromatic rings. The maximum Gasteiger partial charge on any atom is 0.375 e. The van der Waals surface area contributed by atoms with Crippen LogP contribution in [0.3, 0.4) is 0 Å². The van der Waals surface area contributed by atoms with Gasteiger partial charge in [0.1, 0.15) is 5.58 Å². The topological polar surface area (TPSA) is 69.0 Å². The van der Waals surface area contributed by atoms with E-state index < -0.39 is 5.97 Å². The summed E-state index contributed by atoms with van der Waals surface area (Å²) in [4.78, 5) is 26.1. The van der Waals surface area contributed by atoms with E-state index in [1.165, 1.54) is 0 Å². The Labute approximate surface area is 140 Å². The third-order valence-corrected chi connectivity index (χ3v) is 4.13. The van der Waals surface area contributed by atoms with Gasteiger partial charge < -0.3 is 18.8 Å². The second-order valence-corrected chi connectivity index (χ2v) is 6.18. The molecule has 1 amide bonds. The molecule has 1 aromatic carbocycles. The highest BCUT2D eigenvalue weighted by atomic mass is 16.5. The minimum atomic E-state index is -0.619. The number of carbonyl (C=O) groups excluding carboxylic acids is 2. The fourth-order valence-electron chi connectivity index (χ4n) is 3.03. The van der Waals surface area contributed by atoms with Crippen LogP contribution in [0.1, 0.15) is 30.0 Å². The largest absolute Gasteiger partial charge is 0.450 e. The van der Waals surface area contributed by atoms with Gasteiger partial charge in [-0.3, -0.25) is 4.79 Å². The van der Waals surface area contributed by atoms with Crippen molar-refractivity contribution in [2.45, 2.75) is 33.0 Å². The number of hydrogen-bond donors (Lipinski definition) is 0. The van der Waals surface area contributed by atoms with Crippen molar-refractivity contribution < 1.29 is 23.5 Å². The lowest BCUT2D eigenvalue weighted by Crippen LogP contribution is -2.49. The van der Waals surface area contributed by atoms with Crippen molar-refractivity contribution >= 4 is 22.8 Å². The molecule has 128 valence electrons. The first-order valence-corrected chi connectivity index (χ1v) is 8.04. The Morgan fingerprint density at radius 2 is 1.88 bits per heavy atom. The van der Waals surface area contributed by atoms with E-state index in [0.717, 1.165) is 10.9 Å². The first-order chi connectivity index (χ1) is 11.5. The molecule has 2 heterocycles. The summed E-state index contributed by atoms with van der Waals surface area (Å²) in [6, 6.07) is 7.39. The van der Waals surface area contributed by atoms with E-state index in [0.29, 0.717) is 18.7 Å². The maximum absolute atomic E-state index is 12.2. The summed E-state index contributed by atoms with van der Waals surface area (Å²) in [5, 5.41) is 0.867. The summed E-state index contributed by atoms with van der Waals surface area (Å²) in [6.07, 6.45) is -0.0444. The lowest BCUT2D eigenvalue weighted by molar-refractivity contribution is -0.146. The van der Waals surface area contributed by atoms with E-state index in [2.05, 4.69) is 0 Å². The molecule has 0 spiro atoms. The van der Waals surface area contributed by atoms with E-state index in [1.54, 1.807) is 17.9 Å². The van der Waals surface area contributed by atoms with Crippen molar-refractivity contribution in [3.8, 4) is 0 Å². The van der Waals surface area contributed by atoms with Crippen molar-refractivity contribution in [1.29, 1.82) is 0 Å². The molecule has 24 heavy (non-hydrogen) atoms. The van der Waals surface area contributed by atoms with E-state index in [4.69, 9.17) is 13.9 Å². The molecular formula is C18H21NO5. The van der Waals surface area contributed by atoms with Crippen LogP contribution in [0, 0.1) is 6.92 Å². The molecule has 1 aromatic heterocycles. The average Bonchev–Trinajstić information content (AvgIpc) is 2.89. The highest BCUT2D eigenvalue weighted by molar-refractivity contribution is 5.96. The van der Waals surface area contributed by atoms with Gasteiger partial charge in [-0.2, -0.15) is 0 Å². The number of amides is 1. The van der Waals surface area contributed by atoms with Gasteiger partial charge in [-0.25, -0.2) is 4.79 Å². The zero-order valence-corrected chi connectivity index (χ0v) is 14.1. The summed E-state index contributed by atoms with van der Waals surface area (Å²) in [6.45, 7) is 6.35. The number of fused-ring (bicyclic) bond motifs is 1. The van der Waals surface area contributed by atoms with Crippen LogP contribution < -0.4 is 0 Å². The van der Waals surface area contributed by atoms with Crippen LogP contribution in [0.2, 0.25) is 0 Å². The van der Waals surface area contributed by atoms with Crippen molar-refractivity contribution in [1.82, 2.24) is 4.90 Å². The second kappa shape index (κ2) is 6.65. The highest BCUT2D eigenvalue weighted by Crippen LogP contribution is 2.25. The molecule has 1 aliphatic heterocycles. The van der Waals surface area contributed by atoms with Gasteiger partial charge in [-0.05, 0) is 26.8 Å². The molecule has 6 heteroatoms. The molecule has 2 atom stereocenters. The zero-order valence-electron chi connectivity index (χ0n) is 14.1. The Kier molecular flexibility index (Phi) is 4.57. The van der Waals surface area contributed by atoms with Crippen molar-refractivity contribution in [2.75, 3.05) is 19.7 Å². The summed E-state index contributed by atoms with van der Waals surface area (Å²) in [5.41, 5.74) is 1.35. The normalized spacial score (nSPS) is 21.0. The molecular weight excluding hydrogens is 310 g/mol. The van der Waals surface area contributed by atoms with Crippen molar-refractivity contribution in [2.24, 2.45) is 0 Å². The molecule has 6 nitrogen and oxygen atoms in total. The molecule has 1 aliphatic rings. The van der Waals surface area contributed by atoms with Crippen LogP contribution in [0.5, 0.6) is 0 Å². The smallest absolute Gasteiger partial charge is 0.375 e. The van der Waals surface area contributed by atoms with Gasteiger partial charge in [-0.1, -0.05) is 18.2 Å². The second-order valence-electron chi connectivity index (χ2n) is 6.18. The Morgan fingerprint density at radius 3 is 2.54 bits per heavy atom. The van der Waals surface area contributed by atoms with Crippen LogP contribution >= 0.6 is 0 Å². The van der Waals surface area contributed by atoms with Crippen LogP contribution in [-0.4, -0.2) is 48.7 Å². The summed E-state index contributed by atoms with van der Waals surface area (Å²) < 4.78 is 16.3. The van der Waals surface area contributed by atoms with E-state index in [1.807, 2.05) is 32.0 Å². The fraction of sp³-hybridized carbons (Fsp3) is 0.444. The molecule has 1 fully saturated rings. The highest BCUT2D eigenvalue weighted by Gasteiger charge is 2.27. The Balaban J connectivity index is 1.64. The van der Waals surface area contributed by atoms with Crippen LogP contribution in [0.4, 0.5) is 0 Å². The number of benzene rings is 1. The number of hydrogen-bond acceptors (Lipinski definition) is 5. The number of nitrogens with zero attached hydrogens (tertiary/aromatic N) is 1. The molecule has 3 rings (SSSR count). The number of furan rings is 1. The van der Waals surface area contributed by atoms with Crippen LogP contribution in [-0.2, 0) is 14.3 Å². The number of rotatable bonds is 3. The third-order valence-electron chi connectivity index (χ3n) is 4.13. The predicted molar refractivity (Wildman–Crippen MR) is 87.8 cm³/mol. The summed E-state index contributed by atoms with van der Waals surface area (Å²) in [7, 11) is 0. The molecule has 0 saturated carbocycles. The monoisotopic (exact) mass is 331 g/mol. The van der Waals surface area contributed by atoms with Crippen LogP contribution in [0.25, 0.3) is 11.0 Å². The summed E-state index contributed by atoms with van der Waals surface area (Å²) >= 11 is 0. The lowest BCUT2D eigenvalue weighted by atomic mass is 10.1. The first-order valence-electron chi connectivity index (χ1n) is 8.04. The standard InChI is InChI=1S/C18H21NO5/c1-11-8-19(9-12(2)23-11)16(20)10-22-18(21)17-13(3)14-6-4-5-7-15(14)24-17/h4-7,11-12H,8-10H2,1-3H3/t11-,12-/m1/s1. The average molecular weight is 331 g/mol. The van der Waals surface area contributed by atoms with Gasteiger partial charge in [0.2, 0.25) is 5.76 Å². The molecule has 0 bridgehead atoms. The van der Waals surface area contributed by atoms with Gasteiger partial charge >= 0.3 is 5.97 Å². The van der Waals surface area contributed by atoms with Gasteiger partial charge in [0, 0.05) is 24.0 Å². The first kappa shape index (κ1) is 16.5. The number of ether oxygens (including phenoxy) is 2. The molecule has 1 saturated heterocycles.